The number of rotatable bonds is 2. The van der Waals surface area contributed by atoms with Crippen molar-refractivity contribution in [2.45, 2.75) is 57.4 Å². The van der Waals surface area contributed by atoms with Crippen LogP contribution in [0.2, 0.25) is 0 Å². The van der Waals surface area contributed by atoms with E-state index in [2.05, 4.69) is 4.98 Å². The van der Waals surface area contributed by atoms with Crippen molar-refractivity contribution in [3.8, 4) is 0 Å². The van der Waals surface area contributed by atoms with Crippen LogP contribution in [0.5, 0.6) is 0 Å². The number of esters is 1. The quantitative estimate of drug-likeness (QED) is 0.547. The SMILES string of the molecule is CC(C)(C)OC(=O)N1C2CCC1[C@H](OC(=O)c1ccccc1)c1c2ccnc1F. The lowest BCUT2D eigenvalue weighted by molar-refractivity contribution is -0.0269. The molecule has 152 valence electrons. The number of nitrogens with zero attached hydrogens (tertiary/aromatic N) is 2. The Morgan fingerprint density at radius 2 is 1.86 bits per heavy atom. The third kappa shape index (κ3) is 3.57. The third-order valence-electron chi connectivity index (χ3n) is 5.24. The van der Waals surface area contributed by atoms with Crippen molar-refractivity contribution in [1.29, 1.82) is 0 Å². The Kier molecular flexibility index (Phi) is 4.76. The fraction of sp³-hybridized carbons (Fsp3) is 0.409. The van der Waals surface area contributed by atoms with Crippen LogP contribution >= 0.6 is 0 Å². The summed E-state index contributed by atoms with van der Waals surface area (Å²) >= 11 is 0. The van der Waals surface area contributed by atoms with Crippen LogP contribution in [0.3, 0.4) is 0 Å². The van der Waals surface area contributed by atoms with Crippen LogP contribution in [0.15, 0.2) is 42.6 Å². The van der Waals surface area contributed by atoms with E-state index in [0.29, 0.717) is 24.0 Å². The molecule has 2 aliphatic heterocycles. The van der Waals surface area contributed by atoms with Gasteiger partial charge in [0.2, 0.25) is 5.95 Å². The van der Waals surface area contributed by atoms with Crippen molar-refractivity contribution >= 4 is 12.1 Å². The second-order valence-electron chi connectivity index (χ2n) is 8.34. The molecule has 1 aromatic heterocycles. The summed E-state index contributed by atoms with van der Waals surface area (Å²) in [6, 6.07) is 9.37. The number of benzene rings is 1. The van der Waals surface area contributed by atoms with Crippen LogP contribution in [-0.2, 0) is 9.47 Å². The van der Waals surface area contributed by atoms with E-state index in [1.165, 1.54) is 6.20 Å². The summed E-state index contributed by atoms with van der Waals surface area (Å²) in [4.78, 5) is 31.0. The van der Waals surface area contributed by atoms with Gasteiger partial charge in [0, 0.05) is 6.20 Å². The highest BCUT2D eigenvalue weighted by atomic mass is 19.1. The number of carbonyl (C=O) groups excluding carboxylic acids is 2. The molecule has 1 fully saturated rings. The lowest BCUT2D eigenvalue weighted by atomic mass is 9.92. The Balaban J connectivity index is 1.72. The van der Waals surface area contributed by atoms with E-state index in [9.17, 15) is 14.0 Å². The minimum Gasteiger partial charge on any atom is -0.451 e. The smallest absolute Gasteiger partial charge is 0.411 e. The average molecular weight is 398 g/mol. The molecule has 2 unspecified atom stereocenters. The topological polar surface area (TPSA) is 68.7 Å². The summed E-state index contributed by atoms with van der Waals surface area (Å²) in [6.45, 7) is 5.38. The molecule has 1 aromatic carbocycles. The molecule has 2 aromatic rings. The zero-order chi connectivity index (χ0) is 20.8. The number of amides is 1. The lowest BCUT2D eigenvalue weighted by Gasteiger charge is -2.40. The van der Waals surface area contributed by atoms with Crippen molar-refractivity contribution in [3.63, 3.8) is 0 Å². The van der Waals surface area contributed by atoms with Crippen molar-refractivity contribution in [2.75, 3.05) is 0 Å². The van der Waals surface area contributed by atoms with E-state index in [4.69, 9.17) is 9.47 Å². The van der Waals surface area contributed by atoms with Crippen LogP contribution in [0.4, 0.5) is 9.18 Å². The summed E-state index contributed by atoms with van der Waals surface area (Å²) in [5, 5.41) is 0. The summed E-state index contributed by atoms with van der Waals surface area (Å²) in [5.41, 5.74) is 0.561. The van der Waals surface area contributed by atoms with Gasteiger partial charge in [-0.1, -0.05) is 18.2 Å². The van der Waals surface area contributed by atoms with Crippen LogP contribution in [0.1, 0.15) is 67.2 Å². The highest BCUT2D eigenvalue weighted by Crippen LogP contribution is 2.50. The zero-order valence-electron chi connectivity index (χ0n) is 16.6. The monoisotopic (exact) mass is 398 g/mol. The fourth-order valence-corrected chi connectivity index (χ4v) is 4.14. The maximum atomic E-state index is 14.7. The molecule has 29 heavy (non-hydrogen) atoms. The largest absolute Gasteiger partial charge is 0.451 e. The van der Waals surface area contributed by atoms with Gasteiger partial charge in [-0.15, -0.1) is 0 Å². The molecule has 6 nitrogen and oxygen atoms in total. The van der Waals surface area contributed by atoms with Crippen LogP contribution in [0.25, 0.3) is 0 Å². The molecular weight excluding hydrogens is 375 g/mol. The third-order valence-corrected chi connectivity index (χ3v) is 5.24. The van der Waals surface area contributed by atoms with Gasteiger partial charge in [-0.05, 0) is 57.4 Å². The van der Waals surface area contributed by atoms with Gasteiger partial charge in [-0.2, -0.15) is 4.39 Å². The number of hydrogen-bond donors (Lipinski definition) is 0. The fourth-order valence-electron chi connectivity index (χ4n) is 4.14. The van der Waals surface area contributed by atoms with Gasteiger partial charge in [0.15, 0.2) is 6.10 Å². The van der Waals surface area contributed by atoms with E-state index >= 15 is 0 Å². The van der Waals surface area contributed by atoms with Gasteiger partial charge < -0.3 is 9.47 Å². The predicted octanol–water partition coefficient (Wildman–Crippen LogP) is 4.57. The Morgan fingerprint density at radius 3 is 2.55 bits per heavy atom. The summed E-state index contributed by atoms with van der Waals surface area (Å²) in [5.74, 6) is -1.24. The molecule has 0 aliphatic carbocycles. The molecular formula is C22H23FN2O4. The predicted molar refractivity (Wildman–Crippen MR) is 103 cm³/mol. The maximum Gasteiger partial charge on any atom is 0.411 e. The van der Waals surface area contributed by atoms with Gasteiger partial charge in [-0.3, -0.25) is 4.90 Å². The minimum absolute atomic E-state index is 0.254. The normalized spacial score (nSPS) is 22.8. The van der Waals surface area contributed by atoms with Gasteiger partial charge >= 0.3 is 12.1 Å². The molecule has 1 saturated heterocycles. The summed E-state index contributed by atoms with van der Waals surface area (Å²) in [6.07, 6.45) is 1.15. The first kappa shape index (κ1) is 19.4. The lowest BCUT2D eigenvalue weighted by Crippen LogP contribution is -2.47. The molecule has 0 N–H and O–H groups in total. The first-order valence-electron chi connectivity index (χ1n) is 9.68. The van der Waals surface area contributed by atoms with Crippen molar-refractivity contribution in [1.82, 2.24) is 9.88 Å². The molecule has 1 amide bonds. The van der Waals surface area contributed by atoms with Crippen molar-refractivity contribution in [3.05, 3.63) is 65.2 Å². The molecule has 0 saturated carbocycles. The van der Waals surface area contributed by atoms with E-state index in [1.54, 1.807) is 62.1 Å². The first-order valence-corrected chi connectivity index (χ1v) is 9.68. The second-order valence-corrected chi connectivity index (χ2v) is 8.34. The Labute approximate surface area is 168 Å². The number of halogens is 1. The van der Waals surface area contributed by atoms with Gasteiger partial charge in [0.25, 0.3) is 0 Å². The second kappa shape index (κ2) is 7.13. The molecule has 3 heterocycles. The van der Waals surface area contributed by atoms with E-state index in [1.807, 2.05) is 0 Å². The van der Waals surface area contributed by atoms with Gasteiger partial charge in [0.1, 0.15) is 5.60 Å². The molecule has 2 bridgehead atoms. The molecule has 0 radical (unpaired) electrons. The zero-order valence-corrected chi connectivity index (χ0v) is 16.6. The number of ether oxygens (including phenoxy) is 2. The number of hydrogen-bond acceptors (Lipinski definition) is 5. The van der Waals surface area contributed by atoms with Gasteiger partial charge in [-0.25, -0.2) is 14.6 Å². The van der Waals surface area contributed by atoms with Crippen LogP contribution in [-0.4, -0.2) is 33.6 Å². The molecule has 7 heteroatoms. The Bertz CT molecular complexity index is 942. The van der Waals surface area contributed by atoms with Crippen LogP contribution < -0.4 is 0 Å². The van der Waals surface area contributed by atoms with Crippen LogP contribution in [0, 0.1) is 5.95 Å². The highest BCUT2D eigenvalue weighted by molar-refractivity contribution is 5.89. The van der Waals surface area contributed by atoms with E-state index in [-0.39, 0.29) is 11.6 Å². The average Bonchev–Trinajstić information content (AvgIpc) is 3.04. The maximum absolute atomic E-state index is 14.7. The number of aromatic nitrogens is 1. The molecule has 3 atom stereocenters. The van der Waals surface area contributed by atoms with Crippen molar-refractivity contribution in [2.24, 2.45) is 0 Å². The highest BCUT2D eigenvalue weighted by Gasteiger charge is 2.52. The molecule has 0 spiro atoms. The number of carbonyl (C=O) groups is 2. The van der Waals surface area contributed by atoms with Crippen molar-refractivity contribution < 1.29 is 23.5 Å². The standard InChI is InChI=1S/C22H23FN2O4/c1-22(2,3)29-21(27)25-15-9-10-16(25)18(17-14(15)11-12-24-19(17)23)28-20(26)13-7-5-4-6-8-13/h4-8,11-12,15-16,18H,9-10H2,1-3H3/t15?,16?,18-/m0/s1. The summed E-state index contributed by atoms with van der Waals surface area (Å²) < 4.78 is 26.0. The summed E-state index contributed by atoms with van der Waals surface area (Å²) in [7, 11) is 0. The number of fused-ring (bicyclic) bond motifs is 4. The minimum atomic E-state index is -0.947. The van der Waals surface area contributed by atoms with E-state index in [0.717, 1.165) is 0 Å². The van der Waals surface area contributed by atoms with Gasteiger partial charge in [0.05, 0.1) is 23.2 Å². The molecule has 2 aliphatic rings. The Morgan fingerprint density at radius 1 is 1.14 bits per heavy atom. The van der Waals surface area contributed by atoms with E-state index < -0.39 is 35.8 Å². The molecule has 4 rings (SSSR count). The Hall–Kier alpha value is -2.96. The first-order chi connectivity index (χ1) is 13.8. The number of pyridine rings is 1.